The van der Waals surface area contributed by atoms with E-state index in [0.29, 0.717) is 12.0 Å². The lowest BCUT2D eigenvalue weighted by Crippen LogP contribution is -2.43. The predicted molar refractivity (Wildman–Crippen MR) is 129 cm³/mol. The lowest BCUT2D eigenvalue weighted by molar-refractivity contribution is -0.145. The highest BCUT2D eigenvalue weighted by Crippen LogP contribution is 2.55. The Morgan fingerprint density at radius 2 is 1.91 bits per heavy atom. The summed E-state index contributed by atoms with van der Waals surface area (Å²) >= 11 is 0. The minimum Gasteiger partial charge on any atom is -0.493 e. The third kappa shape index (κ3) is 4.90. The van der Waals surface area contributed by atoms with E-state index in [1.54, 1.807) is 19.2 Å². The van der Waals surface area contributed by atoms with Gasteiger partial charge in [-0.2, -0.15) is 0 Å². The molecule has 2 aromatic carbocycles. The molecule has 0 amide bonds. The summed E-state index contributed by atoms with van der Waals surface area (Å²) in [5.74, 6) is 0.138. The van der Waals surface area contributed by atoms with Gasteiger partial charge in [-0.3, -0.25) is 0 Å². The summed E-state index contributed by atoms with van der Waals surface area (Å²) in [5, 5.41) is 15.8. The Morgan fingerprint density at radius 3 is 2.57 bits per heavy atom. The zero-order chi connectivity index (χ0) is 25.2. The van der Waals surface area contributed by atoms with E-state index in [-0.39, 0.29) is 23.6 Å². The first-order valence-electron chi connectivity index (χ1n) is 11.7. The monoisotopic (exact) mass is 481 g/mol. The SMILES string of the molecule is COc1ccc2c3c1O[C@H]1C[C@@H](OC(=O)c4ccccc4)C=C[C@@]31CCN(C)C2.C[C@H](O)C(=O)O. The third-order valence-electron chi connectivity index (χ3n) is 6.76. The molecule has 5 rings (SSSR count). The molecule has 1 aliphatic carbocycles. The van der Waals surface area contributed by atoms with Gasteiger partial charge in [0, 0.05) is 18.5 Å². The van der Waals surface area contributed by atoms with Crippen LogP contribution in [0.4, 0.5) is 0 Å². The van der Waals surface area contributed by atoms with E-state index in [0.717, 1.165) is 31.0 Å². The first kappa shape index (κ1) is 24.8. The Labute approximate surface area is 204 Å². The number of nitrogens with zero attached hydrogens (tertiary/aromatic N) is 1. The highest BCUT2D eigenvalue weighted by Gasteiger charge is 2.53. The zero-order valence-electron chi connectivity index (χ0n) is 20.1. The van der Waals surface area contributed by atoms with Gasteiger partial charge in [-0.25, -0.2) is 9.59 Å². The van der Waals surface area contributed by atoms with Crippen LogP contribution in [0, 0.1) is 0 Å². The third-order valence-corrected chi connectivity index (χ3v) is 6.76. The van der Waals surface area contributed by atoms with Gasteiger partial charge in [0.1, 0.15) is 18.3 Å². The molecule has 0 saturated carbocycles. The minimum atomic E-state index is -1.23. The van der Waals surface area contributed by atoms with Crippen molar-refractivity contribution in [3.05, 3.63) is 71.3 Å². The second-order valence-electron chi connectivity index (χ2n) is 9.18. The van der Waals surface area contributed by atoms with Crippen molar-refractivity contribution in [3.8, 4) is 11.5 Å². The van der Waals surface area contributed by atoms with Crippen molar-refractivity contribution in [1.29, 1.82) is 0 Å². The first-order valence-corrected chi connectivity index (χ1v) is 11.7. The van der Waals surface area contributed by atoms with E-state index in [1.807, 2.05) is 30.3 Å². The van der Waals surface area contributed by atoms with Crippen LogP contribution in [-0.4, -0.2) is 66.1 Å². The molecule has 0 aromatic heterocycles. The second kappa shape index (κ2) is 10.1. The molecule has 0 radical (unpaired) electrons. The molecule has 35 heavy (non-hydrogen) atoms. The van der Waals surface area contributed by atoms with Gasteiger partial charge in [0.25, 0.3) is 0 Å². The summed E-state index contributed by atoms with van der Waals surface area (Å²) in [6.07, 6.45) is 4.26. The number of carboxylic acid groups (broad SMARTS) is 1. The van der Waals surface area contributed by atoms with E-state index in [2.05, 4.69) is 24.1 Å². The maximum Gasteiger partial charge on any atom is 0.338 e. The number of carbonyl (C=O) groups is 2. The quantitative estimate of drug-likeness (QED) is 0.507. The molecule has 0 unspecified atom stereocenters. The summed E-state index contributed by atoms with van der Waals surface area (Å²) in [4.78, 5) is 24.3. The molecule has 2 N–H and O–H groups in total. The number of ether oxygens (including phenoxy) is 3. The van der Waals surface area contributed by atoms with Crippen LogP contribution in [0.2, 0.25) is 0 Å². The number of hydrogen-bond donors (Lipinski definition) is 2. The Bertz CT molecular complexity index is 1110. The van der Waals surface area contributed by atoms with E-state index in [1.165, 1.54) is 18.1 Å². The van der Waals surface area contributed by atoms with E-state index in [4.69, 9.17) is 24.4 Å². The summed E-state index contributed by atoms with van der Waals surface area (Å²) in [7, 11) is 3.83. The Kier molecular flexibility index (Phi) is 7.14. The number of aliphatic hydroxyl groups excluding tert-OH is 1. The molecular weight excluding hydrogens is 450 g/mol. The number of methoxy groups -OCH3 is 1. The van der Waals surface area contributed by atoms with Crippen molar-refractivity contribution in [2.24, 2.45) is 0 Å². The zero-order valence-corrected chi connectivity index (χ0v) is 20.1. The number of benzene rings is 2. The number of esters is 1. The van der Waals surface area contributed by atoms with Gasteiger partial charge < -0.3 is 29.3 Å². The van der Waals surface area contributed by atoms with Crippen LogP contribution in [0.15, 0.2) is 54.6 Å². The number of carbonyl (C=O) groups excluding carboxylic acids is 1. The van der Waals surface area contributed by atoms with E-state index >= 15 is 0 Å². The maximum absolute atomic E-state index is 12.5. The van der Waals surface area contributed by atoms with Gasteiger partial charge in [0.2, 0.25) is 0 Å². The molecule has 8 nitrogen and oxygen atoms in total. The van der Waals surface area contributed by atoms with Crippen LogP contribution in [0.5, 0.6) is 11.5 Å². The number of hydrogen-bond acceptors (Lipinski definition) is 7. The molecule has 2 aliphatic heterocycles. The smallest absolute Gasteiger partial charge is 0.338 e. The highest BCUT2D eigenvalue weighted by atomic mass is 16.6. The summed E-state index contributed by atoms with van der Waals surface area (Å²) in [5.41, 5.74) is 2.90. The fourth-order valence-corrected chi connectivity index (χ4v) is 4.93. The van der Waals surface area contributed by atoms with Crippen molar-refractivity contribution in [3.63, 3.8) is 0 Å². The normalized spacial score (nSPS) is 25.0. The first-order chi connectivity index (χ1) is 16.7. The minimum absolute atomic E-state index is 0.0716. The molecule has 2 heterocycles. The Balaban J connectivity index is 0.000000431. The maximum atomic E-state index is 12.5. The molecular formula is C27H31NO7. The molecule has 0 saturated heterocycles. The van der Waals surface area contributed by atoms with Crippen molar-refractivity contribution in [2.45, 2.75) is 50.0 Å². The number of rotatable bonds is 4. The van der Waals surface area contributed by atoms with Crippen LogP contribution in [0.1, 0.15) is 41.3 Å². The summed E-state index contributed by atoms with van der Waals surface area (Å²) in [6.45, 7) is 3.07. The van der Waals surface area contributed by atoms with Gasteiger partial charge in [-0.05, 0) is 56.8 Å². The molecule has 2 aromatic rings. The topological polar surface area (TPSA) is 106 Å². The van der Waals surface area contributed by atoms with Gasteiger partial charge in [0.15, 0.2) is 11.5 Å². The van der Waals surface area contributed by atoms with Crippen LogP contribution in [-0.2, 0) is 21.5 Å². The Hall–Kier alpha value is -3.36. The van der Waals surface area contributed by atoms with Crippen molar-refractivity contribution in [1.82, 2.24) is 4.90 Å². The van der Waals surface area contributed by atoms with Gasteiger partial charge in [0.05, 0.1) is 18.1 Å². The lowest BCUT2D eigenvalue weighted by atomic mass is 9.69. The standard InChI is InChI=1S/C24H25NO4.C3H6O3/c1-25-13-12-24-11-10-18(28-23(26)16-6-4-3-5-7-16)14-20(24)29-22-19(27-2)9-8-17(15-25)21(22)24;1-2(4)3(5)6/h3-11,18,20H,12-15H2,1-2H3;2,4H,1H3,(H,5,6)/t18-,20-,24-;2-/m00/s1. The second-order valence-corrected chi connectivity index (χ2v) is 9.18. The van der Waals surface area contributed by atoms with Gasteiger partial charge in [-0.15, -0.1) is 0 Å². The van der Waals surface area contributed by atoms with E-state index in [9.17, 15) is 9.59 Å². The molecule has 8 heteroatoms. The molecule has 186 valence electrons. The van der Waals surface area contributed by atoms with Crippen molar-refractivity contribution >= 4 is 11.9 Å². The van der Waals surface area contributed by atoms with E-state index < -0.39 is 12.1 Å². The highest BCUT2D eigenvalue weighted by molar-refractivity contribution is 5.89. The molecule has 3 aliphatic rings. The summed E-state index contributed by atoms with van der Waals surface area (Å²) < 4.78 is 17.9. The van der Waals surface area contributed by atoms with Crippen molar-refractivity contribution < 1.29 is 34.0 Å². The lowest BCUT2D eigenvalue weighted by Gasteiger charge is -2.36. The van der Waals surface area contributed by atoms with Crippen LogP contribution in [0.25, 0.3) is 0 Å². The largest absolute Gasteiger partial charge is 0.493 e. The fourth-order valence-electron chi connectivity index (χ4n) is 4.93. The number of aliphatic hydroxyl groups is 1. The average Bonchev–Trinajstić information content (AvgIpc) is 3.11. The average molecular weight is 482 g/mol. The van der Waals surface area contributed by atoms with Crippen LogP contribution < -0.4 is 9.47 Å². The number of aliphatic carboxylic acids is 1. The molecule has 4 atom stereocenters. The van der Waals surface area contributed by atoms with Crippen molar-refractivity contribution in [2.75, 3.05) is 20.7 Å². The molecule has 0 fully saturated rings. The van der Waals surface area contributed by atoms with Gasteiger partial charge >= 0.3 is 11.9 Å². The molecule has 1 spiro atoms. The predicted octanol–water partition coefficient (Wildman–Crippen LogP) is 3.17. The van der Waals surface area contributed by atoms with Gasteiger partial charge in [-0.1, -0.05) is 30.3 Å². The molecule has 0 bridgehead atoms. The Morgan fingerprint density at radius 1 is 1.20 bits per heavy atom. The summed E-state index contributed by atoms with van der Waals surface area (Å²) in [6, 6.07) is 13.3. The van der Waals surface area contributed by atoms with Crippen LogP contribution in [0.3, 0.4) is 0 Å². The fraction of sp³-hybridized carbons (Fsp3) is 0.407. The number of carboxylic acids is 1. The van der Waals surface area contributed by atoms with Crippen LogP contribution >= 0.6 is 0 Å².